The molecule has 0 saturated carbocycles. The minimum Gasteiger partial charge on any atom is -0.768 e. The molecular weight excluding hydrogens is 245 g/mol. The molecule has 0 spiro atoms. The zero-order valence-electron chi connectivity index (χ0n) is 8.15. The van der Waals surface area contributed by atoms with Crippen LogP contribution in [-0.2, 0) is 11.1 Å². The number of carbonyl (C=O) groups excluding carboxylic acids is 1. The summed E-state index contributed by atoms with van der Waals surface area (Å²) in [5.41, 5.74) is -0.762. The molecule has 0 N–H and O–H groups in total. The van der Waals surface area contributed by atoms with Gasteiger partial charge in [0.15, 0.2) is 0 Å². The van der Waals surface area contributed by atoms with Gasteiger partial charge in [0.2, 0.25) is 0 Å². The molecule has 1 atom stereocenters. The summed E-state index contributed by atoms with van der Waals surface area (Å²) in [6, 6.07) is 3.02. The average molecular weight is 248 g/mol. The van der Waals surface area contributed by atoms with E-state index in [2.05, 4.69) is 0 Å². The first-order chi connectivity index (χ1) is 6.04. The maximum atomic E-state index is 13.0. The number of benzene rings is 1. The Hall–Kier alpha value is 0.730. The van der Waals surface area contributed by atoms with E-state index < -0.39 is 33.3 Å². The van der Waals surface area contributed by atoms with Crippen LogP contribution < -0.4 is 64.2 Å². The predicted octanol–water partition coefficient (Wildman–Crippen LogP) is -6.56. The third-order valence-corrected chi connectivity index (χ3v) is 2.04. The molecule has 4 nitrogen and oxygen atoms in total. The fourth-order valence-electron chi connectivity index (χ4n) is 0.797. The van der Waals surface area contributed by atoms with E-state index in [0.717, 1.165) is 18.2 Å². The van der Waals surface area contributed by atoms with E-state index >= 15 is 0 Å². The van der Waals surface area contributed by atoms with E-state index in [4.69, 9.17) is 0 Å². The first-order valence-electron chi connectivity index (χ1n) is 3.13. The number of halogens is 1. The van der Waals surface area contributed by atoms with Crippen molar-refractivity contribution in [1.29, 1.82) is 0 Å². The Balaban J connectivity index is 0. The number of carboxylic acid groups (broad SMARTS) is 1. The van der Waals surface area contributed by atoms with E-state index in [1.54, 1.807) is 0 Å². The normalized spacial score (nSPS) is 10.8. The van der Waals surface area contributed by atoms with E-state index in [0.29, 0.717) is 0 Å². The van der Waals surface area contributed by atoms with Gasteiger partial charge in [0.05, 0.1) is 10.9 Å². The third-order valence-electron chi connectivity index (χ3n) is 1.36. The molecule has 0 amide bonds. The fraction of sp³-hybridized carbons (Fsp3) is 0. The SMILES string of the molecule is O=C([O-])c1cccc(S(=O)[O-])c1F.[Na+].[Na+]. The van der Waals surface area contributed by atoms with Gasteiger partial charge in [-0.1, -0.05) is 12.1 Å². The van der Waals surface area contributed by atoms with Gasteiger partial charge in [-0.3, -0.25) is 4.21 Å². The van der Waals surface area contributed by atoms with Gasteiger partial charge in [0.25, 0.3) is 0 Å². The second-order valence-corrected chi connectivity index (χ2v) is 3.05. The monoisotopic (exact) mass is 248 g/mol. The van der Waals surface area contributed by atoms with Crippen LogP contribution in [0.2, 0.25) is 0 Å². The van der Waals surface area contributed by atoms with Crippen LogP contribution in [0.3, 0.4) is 0 Å². The van der Waals surface area contributed by atoms with Gasteiger partial charge in [0, 0.05) is 5.56 Å². The van der Waals surface area contributed by atoms with Gasteiger partial charge in [-0.15, -0.1) is 0 Å². The Morgan fingerprint density at radius 2 is 1.87 bits per heavy atom. The summed E-state index contributed by atoms with van der Waals surface area (Å²) >= 11 is -2.78. The Bertz CT molecular complexity index is 353. The van der Waals surface area contributed by atoms with Gasteiger partial charge in [-0.25, -0.2) is 4.39 Å². The molecule has 1 aromatic rings. The Morgan fingerprint density at radius 1 is 1.33 bits per heavy atom. The molecule has 0 heterocycles. The first-order valence-corrected chi connectivity index (χ1v) is 4.20. The molecule has 8 heteroatoms. The number of aromatic carboxylic acids is 1. The van der Waals surface area contributed by atoms with E-state index in [9.17, 15) is 23.1 Å². The minimum atomic E-state index is -2.78. The zero-order valence-corrected chi connectivity index (χ0v) is 13.0. The van der Waals surface area contributed by atoms with Crippen LogP contribution in [0.1, 0.15) is 10.4 Å². The molecule has 0 saturated heterocycles. The Kier molecular flexibility index (Phi) is 9.55. The van der Waals surface area contributed by atoms with Gasteiger partial charge in [-0.2, -0.15) is 0 Å². The van der Waals surface area contributed by atoms with Crippen LogP contribution in [0.25, 0.3) is 0 Å². The standard InChI is InChI=1S/C7H5FO4S.2Na/c8-6-4(7(9)10)2-1-3-5(6)13(11)12;;/h1-3H,(H,9,10)(H,11,12);;/q;2*+1/p-2. The molecule has 0 aliphatic heterocycles. The summed E-state index contributed by atoms with van der Waals surface area (Å²) in [4.78, 5) is 9.57. The molecule has 0 aromatic heterocycles. The van der Waals surface area contributed by atoms with Crippen molar-refractivity contribution in [2.75, 3.05) is 0 Å². The molecule has 0 radical (unpaired) electrons. The Labute approximate surface area is 132 Å². The molecule has 0 fully saturated rings. The van der Waals surface area contributed by atoms with E-state index in [1.807, 2.05) is 0 Å². The van der Waals surface area contributed by atoms with Gasteiger partial charge in [-0.05, 0) is 17.1 Å². The molecule has 1 aromatic carbocycles. The average Bonchev–Trinajstić information content (AvgIpc) is 2.03. The summed E-state index contributed by atoms with van der Waals surface area (Å²) in [6.45, 7) is 0. The summed E-state index contributed by atoms with van der Waals surface area (Å²) < 4.78 is 33.6. The molecular formula is C7H3FNa2O4S. The van der Waals surface area contributed by atoms with Gasteiger partial charge in [0.1, 0.15) is 5.82 Å². The zero-order chi connectivity index (χ0) is 10.0. The van der Waals surface area contributed by atoms with E-state index in [1.165, 1.54) is 0 Å². The van der Waals surface area contributed by atoms with Crippen molar-refractivity contribution >= 4 is 17.0 Å². The number of hydrogen-bond donors (Lipinski definition) is 0. The topological polar surface area (TPSA) is 80.3 Å². The van der Waals surface area contributed by atoms with Crippen molar-refractivity contribution in [3.05, 3.63) is 29.6 Å². The van der Waals surface area contributed by atoms with Crippen LogP contribution in [0, 0.1) is 5.82 Å². The van der Waals surface area contributed by atoms with Crippen LogP contribution in [0.4, 0.5) is 4.39 Å². The molecule has 1 rings (SSSR count). The van der Waals surface area contributed by atoms with Crippen LogP contribution in [-0.4, -0.2) is 14.7 Å². The number of rotatable bonds is 2. The smallest absolute Gasteiger partial charge is 0.768 e. The number of carbonyl (C=O) groups is 1. The maximum Gasteiger partial charge on any atom is 1.00 e. The molecule has 15 heavy (non-hydrogen) atoms. The van der Waals surface area contributed by atoms with Gasteiger partial charge < -0.3 is 14.5 Å². The maximum absolute atomic E-state index is 13.0. The summed E-state index contributed by atoms with van der Waals surface area (Å²) in [6.07, 6.45) is 0. The molecule has 70 valence electrons. The second-order valence-electron chi connectivity index (χ2n) is 2.14. The molecule has 1 unspecified atom stereocenters. The van der Waals surface area contributed by atoms with Crippen molar-refractivity contribution < 1.29 is 82.2 Å². The second kappa shape index (κ2) is 7.92. The first kappa shape index (κ1) is 18.1. The summed E-state index contributed by atoms with van der Waals surface area (Å²) in [5, 5.41) is 10.2. The fourth-order valence-corrected chi connectivity index (χ4v) is 1.24. The molecule has 0 aliphatic carbocycles. The van der Waals surface area contributed by atoms with Gasteiger partial charge >= 0.3 is 59.1 Å². The van der Waals surface area contributed by atoms with Crippen molar-refractivity contribution in [2.45, 2.75) is 4.90 Å². The van der Waals surface area contributed by atoms with Crippen molar-refractivity contribution in [3.63, 3.8) is 0 Å². The Morgan fingerprint density at radius 3 is 2.27 bits per heavy atom. The van der Waals surface area contributed by atoms with E-state index in [-0.39, 0.29) is 59.1 Å². The van der Waals surface area contributed by atoms with Crippen LogP contribution in [0.5, 0.6) is 0 Å². The third kappa shape index (κ3) is 4.62. The predicted molar refractivity (Wildman–Crippen MR) is 37.9 cm³/mol. The van der Waals surface area contributed by atoms with Crippen LogP contribution >= 0.6 is 0 Å². The summed E-state index contributed by atoms with van der Waals surface area (Å²) in [5.74, 6) is -3.04. The van der Waals surface area contributed by atoms with Crippen molar-refractivity contribution in [3.8, 4) is 0 Å². The van der Waals surface area contributed by atoms with Crippen LogP contribution in [0.15, 0.2) is 23.1 Å². The summed E-state index contributed by atoms with van der Waals surface area (Å²) in [7, 11) is 0. The number of carboxylic acids is 1. The number of hydrogen-bond acceptors (Lipinski definition) is 4. The largest absolute Gasteiger partial charge is 1.00 e. The molecule has 0 bridgehead atoms. The van der Waals surface area contributed by atoms with Crippen molar-refractivity contribution in [1.82, 2.24) is 0 Å². The minimum absolute atomic E-state index is 0. The molecule has 0 aliphatic rings. The quantitative estimate of drug-likeness (QED) is 0.385. The van der Waals surface area contributed by atoms with Crippen molar-refractivity contribution in [2.24, 2.45) is 0 Å².